The molecule has 0 aliphatic carbocycles. The predicted molar refractivity (Wildman–Crippen MR) is 207 cm³/mol. The van der Waals surface area contributed by atoms with Crippen LogP contribution in [0.25, 0.3) is 0 Å². The van der Waals surface area contributed by atoms with E-state index in [-0.39, 0.29) is 0 Å². The molecule has 0 aromatic rings. The number of ether oxygens (including phenoxy) is 10. The second-order valence-corrected chi connectivity index (χ2v) is 13.1. The van der Waals surface area contributed by atoms with E-state index in [0.717, 1.165) is 26.1 Å². The predicted octanol–water partition coefficient (Wildman–Crippen LogP) is 8.60. The van der Waals surface area contributed by atoms with E-state index in [4.69, 9.17) is 47.4 Å². The first-order valence-electron chi connectivity index (χ1n) is 21.2. The van der Waals surface area contributed by atoms with Crippen LogP contribution in [0.3, 0.4) is 0 Å². The molecule has 0 aliphatic heterocycles. The molecule has 10 heteroatoms. The van der Waals surface area contributed by atoms with Gasteiger partial charge in [0.05, 0.1) is 119 Å². The molecule has 0 unspecified atom stereocenters. The van der Waals surface area contributed by atoms with Crippen molar-refractivity contribution in [2.45, 2.75) is 136 Å². The molecular formula is C41H84O10. The Hall–Kier alpha value is -0.400. The number of hydrogen-bond donors (Lipinski definition) is 0. The minimum absolute atomic E-state index is 0.535. The van der Waals surface area contributed by atoms with Crippen LogP contribution in [0.2, 0.25) is 0 Å². The van der Waals surface area contributed by atoms with Crippen molar-refractivity contribution in [3.05, 3.63) is 0 Å². The Morgan fingerprint density at radius 1 is 0.157 bits per heavy atom. The molecule has 0 saturated heterocycles. The van der Waals surface area contributed by atoms with Gasteiger partial charge in [-0.05, 0) is 12.8 Å². The van der Waals surface area contributed by atoms with Gasteiger partial charge < -0.3 is 47.4 Å². The van der Waals surface area contributed by atoms with Crippen molar-refractivity contribution in [1.29, 1.82) is 0 Å². The van der Waals surface area contributed by atoms with Crippen LogP contribution in [0.4, 0.5) is 0 Å². The Morgan fingerprint density at radius 2 is 0.294 bits per heavy atom. The third-order valence-electron chi connectivity index (χ3n) is 8.38. The fraction of sp³-hybridized carbons (Fsp3) is 1.00. The van der Waals surface area contributed by atoms with Crippen molar-refractivity contribution in [1.82, 2.24) is 0 Å². The van der Waals surface area contributed by atoms with Crippen molar-refractivity contribution >= 4 is 0 Å². The Balaban J connectivity index is 3.04. The smallest absolute Gasteiger partial charge is 0.0701 e. The molecule has 0 fully saturated rings. The quantitative estimate of drug-likeness (QED) is 0.0566. The lowest BCUT2D eigenvalue weighted by atomic mass is 10.0. The summed E-state index contributed by atoms with van der Waals surface area (Å²) in [4.78, 5) is 0. The van der Waals surface area contributed by atoms with Crippen molar-refractivity contribution in [3.63, 3.8) is 0 Å². The second-order valence-electron chi connectivity index (χ2n) is 13.1. The molecule has 0 aromatic heterocycles. The van der Waals surface area contributed by atoms with Gasteiger partial charge in [0.15, 0.2) is 0 Å². The highest BCUT2D eigenvalue weighted by Crippen LogP contribution is 2.13. The van der Waals surface area contributed by atoms with Gasteiger partial charge in [0.25, 0.3) is 0 Å². The second kappa shape index (κ2) is 49.6. The highest BCUT2D eigenvalue weighted by Gasteiger charge is 1.98. The van der Waals surface area contributed by atoms with Crippen LogP contribution < -0.4 is 0 Å². The Bertz CT molecular complexity index is 539. The lowest BCUT2D eigenvalue weighted by Gasteiger charge is -2.09. The molecule has 0 N–H and O–H groups in total. The maximum absolute atomic E-state index is 5.69. The molecule has 0 saturated carbocycles. The minimum Gasteiger partial charge on any atom is -0.379 e. The van der Waals surface area contributed by atoms with Gasteiger partial charge >= 0.3 is 0 Å². The van der Waals surface area contributed by atoms with E-state index in [1.165, 1.54) is 109 Å². The SMILES string of the molecule is CCCCCCCCCCCCCCCCOCCOCCOCCOCCOCCOCCOCCOCCOCCOCCCCCCC. The Labute approximate surface area is 314 Å². The zero-order valence-electron chi connectivity index (χ0n) is 33.7. The van der Waals surface area contributed by atoms with Crippen LogP contribution in [-0.2, 0) is 47.4 Å². The molecule has 0 amide bonds. The number of unbranched alkanes of at least 4 members (excludes halogenated alkanes) is 17. The van der Waals surface area contributed by atoms with Crippen LogP contribution in [0.1, 0.15) is 136 Å². The standard InChI is InChI=1S/C41H84O10/c1-3-5-7-9-10-11-12-13-14-15-16-17-19-21-23-43-25-27-45-29-31-47-33-35-49-37-39-51-41-40-50-38-36-48-34-32-46-30-28-44-26-24-42-22-20-18-8-6-4-2/h3-41H2,1-2H3. The van der Waals surface area contributed by atoms with Crippen molar-refractivity contribution < 1.29 is 47.4 Å². The van der Waals surface area contributed by atoms with Crippen molar-refractivity contribution in [2.75, 3.05) is 132 Å². The monoisotopic (exact) mass is 737 g/mol. The molecule has 0 rings (SSSR count). The van der Waals surface area contributed by atoms with Gasteiger partial charge in [0.2, 0.25) is 0 Å². The number of rotatable bonds is 48. The summed E-state index contributed by atoms with van der Waals surface area (Å²) in [6.07, 6.45) is 25.6. The fourth-order valence-corrected chi connectivity index (χ4v) is 5.29. The number of hydrogen-bond acceptors (Lipinski definition) is 10. The summed E-state index contributed by atoms with van der Waals surface area (Å²) < 4.78 is 55.5. The fourth-order valence-electron chi connectivity index (χ4n) is 5.29. The largest absolute Gasteiger partial charge is 0.379 e. The van der Waals surface area contributed by atoms with E-state index < -0.39 is 0 Å². The van der Waals surface area contributed by atoms with E-state index in [1.54, 1.807) is 0 Å². The maximum Gasteiger partial charge on any atom is 0.0701 e. The van der Waals surface area contributed by atoms with Crippen LogP contribution in [0, 0.1) is 0 Å². The molecule has 0 bridgehead atoms. The molecular weight excluding hydrogens is 652 g/mol. The van der Waals surface area contributed by atoms with Gasteiger partial charge in [-0.2, -0.15) is 0 Å². The summed E-state index contributed by atoms with van der Waals surface area (Å²) in [7, 11) is 0. The summed E-state index contributed by atoms with van der Waals surface area (Å²) in [6.45, 7) is 16.4. The lowest BCUT2D eigenvalue weighted by molar-refractivity contribution is -0.0264. The summed E-state index contributed by atoms with van der Waals surface area (Å²) in [6, 6.07) is 0. The summed E-state index contributed by atoms with van der Waals surface area (Å²) >= 11 is 0. The van der Waals surface area contributed by atoms with Crippen LogP contribution in [0.15, 0.2) is 0 Å². The van der Waals surface area contributed by atoms with Crippen LogP contribution >= 0.6 is 0 Å². The van der Waals surface area contributed by atoms with Gasteiger partial charge in [-0.25, -0.2) is 0 Å². The molecule has 0 heterocycles. The highest BCUT2D eigenvalue weighted by atomic mass is 16.6. The first-order valence-corrected chi connectivity index (χ1v) is 21.2. The van der Waals surface area contributed by atoms with E-state index in [2.05, 4.69) is 13.8 Å². The lowest BCUT2D eigenvalue weighted by Crippen LogP contribution is -2.15. The van der Waals surface area contributed by atoms with E-state index in [9.17, 15) is 0 Å². The average molecular weight is 737 g/mol. The first-order chi connectivity index (χ1) is 25.4. The zero-order chi connectivity index (χ0) is 36.6. The van der Waals surface area contributed by atoms with E-state index in [1.807, 2.05) is 0 Å². The van der Waals surface area contributed by atoms with Crippen LogP contribution in [0.5, 0.6) is 0 Å². The molecule has 51 heavy (non-hydrogen) atoms. The molecule has 10 nitrogen and oxygen atoms in total. The molecule has 308 valence electrons. The van der Waals surface area contributed by atoms with Crippen molar-refractivity contribution in [3.8, 4) is 0 Å². The van der Waals surface area contributed by atoms with Crippen LogP contribution in [-0.4, -0.2) is 132 Å². The first kappa shape index (κ1) is 50.6. The molecule has 0 aromatic carbocycles. The minimum atomic E-state index is 0.535. The Morgan fingerprint density at radius 3 is 0.471 bits per heavy atom. The summed E-state index contributed by atoms with van der Waals surface area (Å²) in [5, 5.41) is 0. The van der Waals surface area contributed by atoms with Gasteiger partial charge in [-0.3, -0.25) is 0 Å². The highest BCUT2D eigenvalue weighted by molar-refractivity contribution is 4.50. The van der Waals surface area contributed by atoms with Gasteiger partial charge in [0.1, 0.15) is 0 Å². The third-order valence-corrected chi connectivity index (χ3v) is 8.38. The van der Waals surface area contributed by atoms with E-state index >= 15 is 0 Å². The summed E-state index contributed by atoms with van der Waals surface area (Å²) in [5.74, 6) is 0. The molecule has 0 radical (unpaired) electrons. The zero-order valence-corrected chi connectivity index (χ0v) is 33.7. The average Bonchev–Trinajstić information content (AvgIpc) is 3.14. The van der Waals surface area contributed by atoms with Gasteiger partial charge in [0, 0.05) is 13.2 Å². The molecule has 0 spiro atoms. The summed E-state index contributed by atoms with van der Waals surface area (Å²) in [5.41, 5.74) is 0. The maximum atomic E-state index is 5.69. The van der Waals surface area contributed by atoms with E-state index in [0.29, 0.717) is 119 Å². The molecule has 0 aliphatic rings. The topological polar surface area (TPSA) is 92.3 Å². The third kappa shape index (κ3) is 49.6. The molecule has 0 atom stereocenters. The van der Waals surface area contributed by atoms with Crippen molar-refractivity contribution in [2.24, 2.45) is 0 Å². The van der Waals surface area contributed by atoms with Gasteiger partial charge in [-0.1, -0.05) is 123 Å². The Kier molecular flexibility index (Phi) is 49.2. The normalized spacial score (nSPS) is 11.6. The van der Waals surface area contributed by atoms with Gasteiger partial charge in [-0.15, -0.1) is 0 Å².